The van der Waals surface area contributed by atoms with Crippen molar-refractivity contribution in [1.29, 1.82) is 0 Å². The third-order valence-electron chi connectivity index (χ3n) is 3.74. The van der Waals surface area contributed by atoms with Crippen LogP contribution in [0.1, 0.15) is 49.9 Å². The molecule has 0 radical (unpaired) electrons. The van der Waals surface area contributed by atoms with Crippen LogP contribution in [0.4, 0.5) is 5.00 Å². The standard InChI is InChI=1S/C17H26N2O3S/c1-10-7-13(18-16(21)17(4,5)6)23-14(10)15(20)19-8-11(2)22-12(3)9-19/h7,11-12H,8-9H2,1-6H3,(H,18,21)/t11-,12+. The van der Waals surface area contributed by atoms with Gasteiger partial charge in [-0.2, -0.15) is 0 Å². The van der Waals surface area contributed by atoms with Crippen molar-refractivity contribution in [1.82, 2.24) is 4.90 Å². The van der Waals surface area contributed by atoms with Crippen molar-refractivity contribution in [2.24, 2.45) is 5.41 Å². The van der Waals surface area contributed by atoms with Gasteiger partial charge in [0.1, 0.15) is 0 Å². The van der Waals surface area contributed by atoms with E-state index in [9.17, 15) is 9.59 Å². The lowest BCUT2D eigenvalue weighted by Crippen LogP contribution is -2.48. The summed E-state index contributed by atoms with van der Waals surface area (Å²) in [6, 6.07) is 1.87. The molecule has 6 heteroatoms. The number of carbonyl (C=O) groups excluding carboxylic acids is 2. The second-order valence-electron chi connectivity index (χ2n) is 7.29. The Hall–Kier alpha value is -1.40. The molecule has 0 aromatic carbocycles. The van der Waals surface area contributed by atoms with Gasteiger partial charge >= 0.3 is 0 Å². The highest BCUT2D eigenvalue weighted by Gasteiger charge is 2.29. The molecule has 1 fully saturated rings. The van der Waals surface area contributed by atoms with Gasteiger partial charge in [-0.15, -0.1) is 11.3 Å². The number of morpholine rings is 1. The Morgan fingerprint density at radius 3 is 2.35 bits per heavy atom. The van der Waals surface area contributed by atoms with Gasteiger partial charge in [-0.25, -0.2) is 0 Å². The maximum Gasteiger partial charge on any atom is 0.264 e. The molecule has 0 spiro atoms. The van der Waals surface area contributed by atoms with Gasteiger partial charge in [-0.05, 0) is 32.4 Å². The minimum absolute atomic E-state index is 0.0192. The van der Waals surface area contributed by atoms with E-state index in [0.717, 1.165) is 10.6 Å². The number of nitrogens with zero attached hydrogens (tertiary/aromatic N) is 1. The van der Waals surface area contributed by atoms with Crippen molar-refractivity contribution in [3.63, 3.8) is 0 Å². The minimum Gasteiger partial charge on any atom is -0.372 e. The quantitative estimate of drug-likeness (QED) is 0.900. The number of anilines is 1. The van der Waals surface area contributed by atoms with Crippen LogP contribution in [-0.2, 0) is 9.53 Å². The van der Waals surface area contributed by atoms with Crippen LogP contribution in [0.5, 0.6) is 0 Å². The molecule has 0 saturated carbocycles. The fourth-order valence-corrected chi connectivity index (χ4v) is 3.58. The second-order valence-corrected chi connectivity index (χ2v) is 8.35. The summed E-state index contributed by atoms with van der Waals surface area (Å²) in [7, 11) is 0. The highest BCUT2D eigenvalue weighted by atomic mass is 32.1. The SMILES string of the molecule is Cc1cc(NC(=O)C(C)(C)C)sc1C(=O)N1C[C@@H](C)O[C@@H](C)C1. The Morgan fingerprint density at radius 1 is 1.26 bits per heavy atom. The lowest BCUT2D eigenvalue weighted by molar-refractivity contribution is -0.123. The van der Waals surface area contributed by atoms with Crippen LogP contribution in [0.3, 0.4) is 0 Å². The topological polar surface area (TPSA) is 58.6 Å². The van der Waals surface area contributed by atoms with E-state index < -0.39 is 5.41 Å². The molecule has 1 aromatic rings. The molecule has 1 N–H and O–H groups in total. The average Bonchev–Trinajstić information content (AvgIpc) is 2.76. The first-order valence-corrected chi connectivity index (χ1v) is 8.76. The first-order valence-electron chi connectivity index (χ1n) is 7.94. The van der Waals surface area contributed by atoms with Crippen LogP contribution in [0.25, 0.3) is 0 Å². The van der Waals surface area contributed by atoms with Gasteiger partial charge in [0.2, 0.25) is 5.91 Å². The third-order valence-corrected chi connectivity index (χ3v) is 4.88. The predicted molar refractivity (Wildman–Crippen MR) is 93.1 cm³/mol. The van der Waals surface area contributed by atoms with Crippen LogP contribution in [-0.4, -0.2) is 42.0 Å². The monoisotopic (exact) mass is 338 g/mol. The summed E-state index contributed by atoms with van der Waals surface area (Å²) in [5.41, 5.74) is 0.438. The molecule has 1 saturated heterocycles. The Kier molecular flexibility index (Phi) is 5.16. The molecule has 0 bridgehead atoms. The van der Waals surface area contributed by atoms with Crippen molar-refractivity contribution in [3.8, 4) is 0 Å². The van der Waals surface area contributed by atoms with Crippen molar-refractivity contribution in [2.75, 3.05) is 18.4 Å². The van der Waals surface area contributed by atoms with Gasteiger partial charge in [0.25, 0.3) is 5.91 Å². The van der Waals surface area contributed by atoms with E-state index >= 15 is 0 Å². The number of rotatable bonds is 2. The van der Waals surface area contributed by atoms with E-state index in [4.69, 9.17) is 4.74 Å². The van der Waals surface area contributed by atoms with Gasteiger partial charge < -0.3 is 15.0 Å². The number of aryl methyl sites for hydroxylation is 1. The van der Waals surface area contributed by atoms with E-state index in [-0.39, 0.29) is 24.0 Å². The molecule has 2 atom stereocenters. The average molecular weight is 338 g/mol. The van der Waals surface area contributed by atoms with Gasteiger partial charge in [0.05, 0.1) is 22.1 Å². The number of hydrogen-bond acceptors (Lipinski definition) is 4. The summed E-state index contributed by atoms with van der Waals surface area (Å²) in [4.78, 5) is 27.4. The highest BCUT2D eigenvalue weighted by molar-refractivity contribution is 7.18. The number of ether oxygens (including phenoxy) is 1. The molecular weight excluding hydrogens is 312 g/mol. The van der Waals surface area contributed by atoms with Crippen molar-refractivity contribution in [3.05, 3.63) is 16.5 Å². The maximum absolute atomic E-state index is 12.8. The molecular formula is C17H26N2O3S. The fourth-order valence-electron chi connectivity index (χ4n) is 2.54. The van der Waals surface area contributed by atoms with E-state index in [2.05, 4.69) is 5.32 Å². The van der Waals surface area contributed by atoms with Crippen molar-refractivity contribution >= 4 is 28.2 Å². The molecule has 2 amide bonds. The van der Waals surface area contributed by atoms with Gasteiger partial charge in [-0.3, -0.25) is 9.59 Å². The molecule has 0 aliphatic carbocycles. The van der Waals surface area contributed by atoms with E-state index in [1.54, 1.807) is 0 Å². The lowest BCUT2D eigenvalue weighted by atomic mass is 9.96. The summed E-state index contributed by atoms with van der Waals surface area (Å²) in [5.74, 6) is -0.0304. The normalized spacial score (nSPS) is 22.1. The highest BCUT2D eigenvalue weighted by Crippen LogP contribution is 2.30. The van der Waals surface area contributed by atoms with Gasteiger partial charge in [-0.1, -0.05) is 20.8 Å². The van der Waals surface area contributed by atoms with Crippen LogP contribution < -0.4 is 5.32 Å². The fraction of sp³-hybridized carbons (Fsp3) is 0.647. The number of amides is 2. The summed E-state index contributed by atoms with van der Waals surface area (Å²) in [6.45, 7) is 12.7. The zero-order valence-electron chi connectivity index (χ0n) is 14.7. The minimum atomic E-state index is -0.461. The first kappa shape index (κ1) is 17.9. The molecule has 0 unspecified atom stereocenters. The molecule has 128 valence electrons. The lowest BCUT2D eigenvalue weighted by Gasteiger charge is -2.35. The predicted octanol–water partition coefficient (Wildman–Crippen LogP) is 3.29. The zero-order chi connectivity index (χ0) is 17.4. The van der Waals surface area contributed by atoms with E-state index in [1.165, 1.54) is 11.3 Å². The maximum atomic E-state index is 12.8. The molecule has 1 aliphatic heterocycles. The Balaban J connectivity index is 2.14. The Morgan fingerprint density at radius 2 is 1.83 bits per heavy atom. The van der Waals surface area contributed by atoms with Crippen molar-refractivity contribution < 1.29 is 14.3 Å². The van der Waals surface area contributed by atoms with Crippen LogP contribution in [0.2, 0.25) is 0 Å². The van der Waals surface area contributed by atoms with E-state index in [1.807, 2.05) is 52.5 Å². The summed E-state index contributed by atoms with van der Waals surface area (Å²) in [6.07, 6.45) is 0.0889. The number of thiophene rings is 1. The first-order chi connectivity index (χ1) is 10.6. The smallest absolute Gasteiger partial charge is 0.264 e. The Bertz CT molecular complexity index is 593. The van der Waals surface area contributed by atoms with Crippen LogP contribution >= 0.6 is 11.3 Å². The van der Waals surface area contributed by atoms with Crippen LogP contribution in [0.15, 0.2) is 6.07 Å². The third kappa shape index (κ3) is 4.32. The summed E-state index contributed by atoms with van der Waals surface area (Å²) < 4.78 is 5.68. The summed E-state index contributed by atoms with van der Waals surface area (Å²) in [5, 5.41) is 3.62. The molecule has 2 rings (SSSR count). The van der Waals surface area contributed by atoms with Crippen molar-refractivity contribution in [2.45, 2.75) is 53.8 Å². The number of nitrogens with one attached hydrogen (secondary N) is 1. The van der Waals surface area contributed by atoms with Crippen LogP contribution in [0, 0.1) is 12.3 Å². The second kappa shape index (κ2) is 6.61. The van der Waals surface area contributed by atoms with Gasteiger partial charge in [0.15, 0.2) is 0 Å². The Labute approximate surface area is 142 Å². The zero-order valence-corrected chi connectivity index (χ0v) is 15.5. The number of carbonyl (C=O) groups is 2. The molecule has 1 aliphatic rings. The summed E-state index contributed by atoms with van der Waals surface area (Å²) >= 11 is 1.34. The molecule has 1 aromatic heterocycles. The molecule has 2 heterocycles. The molecule has 5 nitrogen and oxygen atoms in total. The molecule has 23 heavy (non-hydrogen) atoms. The largest absolute Gasteiger partial charge is 0.372 e. The van der Waals surface area contributed by atoms with E-state index in [0.29, 0.717) is 18.0 Å². The van der Waals surface area contributed by atoms with Gasteiger partial charge in [0, 0.05) is 18.5 Å². The number of hydrogen-bond donors (Lipinski definition) is 1.